The number of nitrogens with zero attached hydrogens (tertiary/aromatic N) is 1. The fourth-order valence-electron chi connectivity index (χ4n) is 2.43. The van der Waals surface area contributed by atoms with Gasteiger partial charge in [-0.05, 0) is 38.0 Å². The van der Waals surface area contributed by atoms with E-state index in [9.17, 15) is 0 Å². The van der Waals surface area contributed by atoms with E-state index in [0.717, 1.165) is 50.6 Å². The molecule has 0 amide bonds. The van der Waals surface area contributed by atoms with Crippen molar-refractivity contribution in [2.75, 3.05) is 32.8 Å². The molecule has 1 aromatic carbocycles. The largest absolute Gasteiger partial charge is 0.491 e. The molecule has 1 fully saturated rings. The lowest BCUT2D eigenvalue weighted by molar-refractivity contribution is 0.140. The molecule has 1 atom stereocenters. The predicted octanol–water partition coefficient (Wildman–Crippen LogP) is 2.20. The van der Waals surface area contributed by atoms with Crippen LogP contribution in [0.2, 0.25) is 0 Å². The van der Waals surface area contributed by atoms with Gasteiger partial charge in [-0.1, -0.05) is 12.1 Å². The van der Waals surface area contributed by atoms with Crippen LogP contribution in [-0.4, -0.2) is 43.9 Å². The highest BCUT2D eigenvalue weighted by Gasteiger charge is 2.14. The van der Waals surface area contributed by atoms with Crippen LogP contribution in [0.25, 0.3) is 0 Å². The summed E-state index contributed by atoms with van der Waals surface area (Å²) in [5, 5.41) is 0. The first-order chi connectivity index (χ1) is 9.65. The lowest BCUT2D eigenvalue weighted by Crippen LogP contribution is -2.34. The number of benzene rings is 1. The van der Waals surface area contributed by atoms with Gasteiger partial charge in [0.25, 0.3) is 0 Å². The maximum absolute atomic E-state index is 6.30. The maximum atomic E-state index is 6.30. The molecule has 20 heavy (non-hydrogen) atoms. The van der Waals surface area contributed by atoms with Crippen LogP contribution in [0.4, 0.5) is 0 Å². The van der Waals surface area contributed by atoms with Gasteiger partial charge in [0.15, 0.2) is 0 Å². The molecule has 1 aliphatic heterocycles. The van der Waals surface area contributed by atoms with Gasteiger partial charge in [0, 0.05) is 32.3 Å². The summed E-state index contributed by atoms with van der Waals surface area (Å²) < 4.78 is 11.1. The summed E-state index contributed by atoms with van der Waals surface area (Å²) in [6, 6.07) is 8.18. The Morgan fingerprint density at radius 2 is 1.95 bits per heavy atom. The van der Waals surface area contributed by atoms with E-state index in [-0.39, 0.29) is 12.1 Å². The van der Waals surface area contributed by atoms with Crippen LogP contribution >= 0.6 is 0 Å². The molecule has 1 unspecified atom stereocenters. The SMILES string of the molecule is CC(C)Oc1ccc(C(N)CN2CCCOCC2)cc1. The summed E-state index contributed by atoms with van der Waals surface area (Å²) >= 11 is 0. The molecule has 0 aliphatic carbocycles. The van der Waals surface area contributed by atoms with E-state index in [1.807, 2.05) is 26.0 Å². The van der Waals surface area contributed by atoms with Gasteiger partial charge in [0.2, 0.25) is 0 Å². The molecule has 0 aromatic heterocycles. The van der Waals surface area contributed by atoms with Crippen LogP contribution in [0.5, 0.6) is 5.75 Å². The van der Waals surface area contributed by atoms with Gasteiger partial charge in [-0.2, -0.15) is 0 Å². The zero-order valence-electron chi connectivity index (χ0n) is 12.5. The van der Waals surface area contributed by atoms with Crippen LogP contribution in [-0.2, 0) is 4.74 Å². The van der Waals surface area contributed by atoms with E-state index < -0.39 is 0 Å². The monoisotopic (exact) mass is 278 g/mol. The second-order valence-corrected chi connectivity index (χ2v) is 5.61. The Labute approximate surface area is 121 Å². The first kappa shape index (κ1) is 15.3. The Bertz CT molecular complexity index is 384. The van der Waals surface area contributed by atoms with E-state index >= 15 is 0 Å². The molecule has 1 aliphatic rings. The topological polar surface area (TPSA) is 47.7 Å². The molecule has 4 heteroatoms. The maximum Gasteiger partial charge on any atom is 0.119 e. The molecule has 112 valence electrons. The van der Waals surface area contributed by atoms with Crippen LogP contribution in [0.3, 0.4) is 0 Å². The van der Waals surface area contributed by atoms with Crippen LogP contribution in [0.15, 0.2) is 24.3 Å². The smallest absolute Gasteiger partial charge is 0.119 e. The minimum absolute atomic E-state index is 0.0428. The molecule has 0 saturated carbocycles. The summed E-state index contributed by atoms with van der Waals surface area (Å²) in [6.07, 6.45) is 1.29. The Morgan fingerprint density at radius 1 is 1.20 bits per heavy atom. The molecule has 1 saturated heterocycles. The van der Waals surface area contributed by atoms with Gasteiger partial charge in [0.1, 0.15) is 5.75 Å². The second kappa shape index (κ2) is 7.62. The van der Waals surface area contributed by atoms with E-state index in [2.05, 4.69) is 17.0 Å². The Hall–Kier alpha value is -1.10. The van der Waals surface area contributed by atoms with Crippen molar-refractivity contribution < 1.29 is 9.47 Å². The molecule has 0 bridgehead atoms. The first-order valence-corrected chi connectivity index (χ1v) is 7.47. The minimum atomic E-state index is 0.0428. The van der Waals surface area contributed by atoms with Gasteiger partial charge in [-0.15, -0.1) is 0 Å². The first-order valence-electron chi connectivity index (χ1n) is 7.47. The van der Waals surface area contributed by atoms with Crippen molar-refractivity contribution in [1.29, 1.82) is 0 Å². The third kappa shape index (κ3) is 4.78. The van der Waals surface area contributed by atoms with Crippen molar-refractivity contribution in [3.63, 3.8) is 0 Å². The highest BCUT2D eigenvalue weighted by atomic mass is 16.5. The number of nitrogens with two attached hydrogens (primary N) is 1. The van der Waals surface area contributed by atoms with Crippen LogP contribution in [0, 0.1) is 0 Å². The summed E-state index contributed by atoms with van der Waals surface area (Å²) in [5.74, 6) is 0.902. The van der Waals surface area contributed by atoms with Crippen molar-refractivity contribution in [1.82, 2.24) is 4.90 Å². The number of hydrogen-bond donors (Lipinski definition) is 1. The fraction of sp³-hybridized carbons (Fsp3) is 0.625. The highest BCUT2D eigenvalue weighted by Crippen LogP contribution is 2.18. The Kier molecular flexibility index (Phi) is 5.83. The second-order valence-electron chi connectivity index (χ2n) is 5.61. The van der Waals surface area contributed by atoms with E-state index in [0.29, 0.717) is 0 Å². The average molecular weight is 278 g/mol. The lowest BCUT2D eigenvalue weighted by Gasteiger charge is -2.23. The molecule has 0 radical (unpaired) electrons. The summed E-state index contributed by atoms with van der Waals surface area (Å²) in [5.41, 5.74) is 7.46. The van der Waals surface area contributed by atoms with E-state index in [1.54, 1.807) is 0 Å². The van der Waals surface area contributed by atoms with Gasteiger partial charge < -0.3 is 15.2 Å². The van der Waals surface area contributed by atoms with Gasteiger partial charge >= 0.3 is 0 Å². The summed E-state index contributed by atoms with van der Waals surface area (Å²) in [6.45, 7) is 8.67. The predicted molar refractivity (Wildman–Crippen MR) is 81.0 cm³/mol. The molecule has 1 heterocycles. The molecule has 2 N–H and O–H groups in total. The van der Waals surface area contributed by atoms with Gasteiger partial charge in [0.05, 0.1) is 12.7 Å². The Morgan fingerprint density at radius 3 is 2.65 bits per heavy atom. The molecule has 4 nitrogen and oxygen atoms in total. The standard InChI is InChI=1S/C16H26N2O2/c1-13(2)20-15-6-4-14(5-7-15)16(17)12-18-8-3-10-19-11-9-18/h4-7,13,16H,3,8-12,17H2,1-2H3. The number of hydrogen-bond acceptors (Lipinski definition) is 4. The zero-order valence-corrected chi connectivity index (χ0v) is 12.5. The number of ether oxygens (including phenoxy) is 2. The quantitative estimate of drug-likeness (QED) is 0.897. The van der Waals surface area contributed by atoms with Crippen LogP contribution in [0.1, 0.15) is 31.9 Å². The van der Waals surface area contributed by atoms with Gasteiger partial charge in [-0.25, -0.2) is 0 Å². The summed E-state index contributed by atoms with van der Waals surface area (Å²) in [7, 11) is 0. The number of rotatable bonds is 5. The normalized spacial score (nSPS) is 18.8. The van der Waals surface area contributed by atoms with Crippen molar-refractivity contribution in [3.05, 3.63) is 29.8 Å². The van der Waals surface area contributed by atoms with Crippen molar-refractivity contribution in [3.8, 4) is 5.75 Å². The fourth-order valence-corrected chi connectivity index (χ4v) is 2.43. The third-order valence-corrected chi connectivity index (χ3v) is 3.45. The molecule has 1 aromatic rings. The van der Waals surface area contributed by atoms with Gasteiger partial charge in [-0.3, -0.25) is 4.90 Å². The lowest BCUT2D eigenvalue weighted by atomic mass is 10.1. The summed E-state index contributed by atoms with van der Waals surface area (Å²) in [4.78, 5) is 2.39. The van der Waals surface area contributed by atoms with E-state index in [4.69, 9.17) is 15.2 Å². The minimum Gasteiger partial charge on any atom is -0.491 e. The Balaban J connectivity index is 1.89. The molecule has 2 rings (SSSR count). The van der Waals surface area contributed by atoms with Crippen molar-refractivity contribution in [2.24, 2.45) is 5.73 Å². The van der Waals surface area contributed by atoms with Crippen molar-refractivity contribution >= 4 is 0 Å². The molecular formula is C16H26N2O2. The average Bonchev–Trinajstić information content (AvgIpc) is 2.67. The van der Waals surface area contributed by atoms with E-state index in [1.165, 1.54) is 0 Å². The van der Waals surface area contributed by atoms with Crippen molar-refractivity contribution in [2.45, 2.75) is 32.4 Å². The van der Waals surface area contributed by atoms with Crippen LogP contribution < -0.4 is 10.5 Å². The molecule has 0 spiro atoms. The zero-order chi connectivity index (χ0) is 14.4. The third-order valence-electron chi connectivity index (χ3n) is 3.45. The molecular weight excluding hydrogens is 252 g/mol. The highest BCUT2D eigenvalue weighted by molar-refractivity contribution is 5.29.